The van der Waals surface area contributed by atoms with E-state index in [1.165, 1.54) is 10.8 Å². The number of benzene rings is 8. The van der Waals surface area contributed by atoms with E-state index in [1.54, 1.807) is 0 Å². The minimum Gasteiger partial charge on any atom is -0.456 e. The van der Waals surface area contributed by atoms with Crippen LogP contribution in [0.1, 0.15) is 0 Å². The van der Waals surface area contributed by atoms with E-state index in [-0.39, 0.29) is 0 Å². The molecule has 8 aromatic carbocycles. The first-order valence-corrected chi connectivity index (χ1v) is 17.1. The largest absolute Gasteiger partial charge is 0.456 e. The monoisotopic (exact) mass is 651 g/mol. The van der Waals surface area contributed by atoms with Crippen molar-refractivity contribution in [1.82, 2.24) is 15.0 Å². The number of nitrogens with zero attached hydrogens (tertiary/aromatic N) is 3. The molecule has 0 saturated carbocycles. The number of aromatic nitrogens is 3. The van der Waals surface area contributed by atoms with Crippen LogP contribution in [0.25, 0.3) is 99.9 Å². The Balaban J connectivity index is 1.11. The molecule has 0 saturated heterocycles. The van der Waals surface area contributed by atoms with Crippen molar-refractivity contribution >= 4 is 43.5 Å². The predicted molar refractivity (Wildman–Crippen MR) is 209 cm³/mol. The highest BCUT2D eigenvalue weighted by atomic mass is 16.3. The van der Waals surface area contributed by atoms with Gasteiger partial charge in [-0.3, -0.25) is 0 Å². The topological polar surface area (TPSA) is 51.8 Å². The Hall–Kier alpha value is -6.91. The van der Waals surface area contributed by atoms with E-state index in [0.717, 1.165) is 71.7 Å². The zero-order valence-corrected chi connectivity index (χ0v) is 27.5. The SMILES string of the molecule is c1ccc(-c2nc(-c3ccccc3)nc(-c3ccc(-c4cccc(-c5ccc6ccc7oc8ccccc8c7c6c5)c4)c4ccccc34)n2)cc1. The summed E-state index contributed by atoms with van der Waals surface area (Å²) in [4.78, 5) is 15.0. The second-order valence-electron chi connectivity index (χ2n) is 12.8. The molecule has 0 bridgehead atoms. The van der Waals surface area contributed by atoms with Gasteiger partial charge in [-0.15, -0.1) is 0 Å². The Morgan fingerprint density at radius 2 is 0.863 bits per heavy atom. The van der Waals surface area contributed by atoms with Gasteiger partial charge >= 0.3 is 0 Å². The third-order valence-corrected chi connectivity index (χ3v) is 9.73. The highest BCUT2D eigenvalue weighted by molar-refractivity contribution is 6.19. The van der Waals surface area contributed by atoms with Gasteiger partial charge < -0.3 is 4.42 Å². The van der Waals surface area contributed by atoms with Gasteiger partial charge in [0.1, 0.15) is 11.2 Å². The fourth-order valence-corrected chi connectivity index (χ4v) is 7.26. The van der Waals surface area contributed by atoms with Gasteiger partial charge in [-0.2, -0.15) is 0 Å². The average molecular weight is 652 g/mol. The Labute approximate surface area is 294 Å². The number of hydrogen-bond donors (Lipinski definition) is 0. The van der Waals surface area contributed by atoms with Crippen molar-refractivity contribution in [3.63, 3.8) is 0 Å². The third kappa shape index (κ3) is 5.04. The summed E-state index contributed by atoms with van der Waals surface area (Å²) in [6, 6.07) is 61.1. The molecule has 0 atom stereocenters. The first-order valence-electron chi connectivity index (χ1n) is 17.1. The number of furan rings is 1. The van der Waals surface area contributed by atoms with E-state index in [4.69, 9.17) is 19.4 Å². The quantitative estimate of drug-likeness (QED) is 0.186. The normalized spacial score (nSPS) is 11.5. The van der Waals surface area contributed by atoms with Crippen LogP contribution in [0.15, 0.2) is 180 Å². The van der Waals surface area contributed by atoms with Crippen LogP contribution in [0.4, 0.5) is 0 Å². The van der Waals surface area contributed by atoms with Gasteiger partial charge in [0.05, 0.1) is 0 Å². The average Bonchev–Trinajstić information content (AvgIpc) is 3.60. The summed E-state index contributed by atoms with van der Waals surface area (Å²) in [5.41, 5.74) is 9.30. The minimum absolute atomic E-state index is 0.647. The summed E-state index contributed by atoms with van der Waals surface area (Å²) in [5.74, 6) is 1.95. The number of hydrogen-bond acceptors (Lipinski definition) is 4. The maximum absolute atomic E-state index is 6.21. The Morgan fingerprint density at radius 1 is 0.314 bits per heavy atom. The fourth-order valence-electron chi connectivity index (χ4n) is 7.26. The van der Waals surface area contributed by atoms with Crippen molar-refractivity contribution in [3.05, 3.63) is 176 Å². The van der Waals surface area contributed by atoms with Gasteiger partial charge in [0.15, 0.2) is 17.5 Å². The molecule has 0 aliphatic carbocycles. The molecule has 0 aliphatic rings. The molecule has 0 radical (unpaired) electrons. The lowest BCUT2D eigenvalue weighted by atomic mass is 9.92. The summed E-state index contributed by atoms with van der Waals surface area (Å²) in [7, 11) is 0. The molecule has 0 unspecified atom stereocenters. The lowest BCUT2D eigenvalue weighted by Gasteiger charge is -2.14. The Morgan fingerprint density at radius 3 is 1.61 bits per heavy atom. The van der Waals surface area contributed by atoms with Gasteiger partial charge in [0.25, 0.3) is 0 Å². The molecule has 0 N–H and O–H groups in total. The second kappa shape index (κ2) is 11.9. The fraction of sp³-hybridized carbons (Fsp3) is 0. The molecule has 0 aliphatic heterocycles. The van der Waals surface area contributed by atoms with E-state index in [2.05, 4.69) is 103 Å². The molecule has 4 nitrogen and oxygen atoms in total. The molecular weight excluding hydrogens is 623 g/mol. The van der Waals surface area contributed by atoms with E-state index in [1.807, 2.05) is 72.8 Å². The van der Waals surface area contributed by atoms with Crippen LogP contribution in [-0.2, 0) is 0 Å². The molecular formula is C47H29N3O. The van der Waals surface area contributed by atoms with Crippen molar-refractivity contribution in [2.24, 2.45) is 0 Å². The van der Waals surface area contributed by atoms with Crippen LogP contribution in [0.5, 0.6) is 0 Å². The molecule has 0 fully saturated rings. The summed E-state index contributed by atoms with van der Waals surface area (Å²) in [5, 5.41) is 6.91. The molecule has 2 heterocycles. The van der Waals surface area contributed by atoms with Gasteiger partial charge in [-0.25, -0.2) is 15.0 Å². The van der Waals surface area contributed by atoms with E-state index in [0.29, 0.717) is 17.5 Å². The molecule has 51 heavy (non-hydrogen) atoms. The van der Waals surface area contributed by atoms with E-state index < -0.39 is 0 Å². The lowest BCUT2D eigenvalue weighted by molar-refractivity contribution is 0.669. The smallest absolute Gasteiger partial charge is 0.164 e. The van der Waals surface area contributed by atoms with Crippen molar-refractivity contribution < 1.29 is 4.42 Å². The Kier molecular flexibility index (Phi) is 6.78. The van der Waals surface area contributed by atoms with Crippen LogP contribution in [0, 0.1) is 0 Å². The maximum Gasteiger partial charge on any atom is 0.164 e. The van der Waals surface area contributed by atoms with Crippen LogP contribution < -0.4 is 0 Å². The molecule has 4 heteroatoms. The lowest BCUT2D eigenvalue weighted by Crippen LogP contribution is -2.00. The van der Waals surface area contributed by atoms with Gasteiger partial charge in [0, 0.05) is 27.5 Å². The predicted octanol–water partition coefficient (Wildman–Crippen LogP) is 12.4. The molecule has 10 rings (SSSR count). The van der Waals surface area contributed by atoms with Gasteiger partial charge in [-0.05, 0) is 74.1 Å². The summed E-state index contributed by atoms with van der Waals surface area (Å²) >= 11 is 0. The molecule has 2 aromatic heterocycles. The van der Waals surface area contributed by atoms with Gasteiger partial charge in [-0.1, -0.05) is 146 Å². The number of para-hydroxylation sites is 1. The zero-order valence-electron chi connectivity index (χ0n) is 27.5. The Bertz CT molecular complexity index is 2860. The van der Waals surface area contributed by atoms with Crippen molar-refractivity contribution in [3.8, 4) is 56.4 Å². The zero-order chi connectivity index (χ0) is 33.7. The van der Waals surface area contributed by atoms with E-state index in [9.17, 15) is 0 Å². The van der Waals surface area contributed by atoms with Crippen molar-refractivity contribution in [2.45, 2.75) is 0 Å². The summed E-state index contributed by atoms with van der Waals surface area (Å²) < 4.78 is 6.21. The standard InChI is InChI=1S/C47H29N3O/c1-3-12-31(13-4-1)45-48-46(32-14-5-2-6-15-32)50-47(49-45)39-26-25-36(37-18-7-8-19-38(37)39)35-17-11-16-33(28-35)34-23-22-30-24-27-43-44(41(30)29-34)40-20-9-10-21-42(40)51-43/h1-29H. The van der Waals surface area contributed by atoms with Crippen LogP contribution in [0.3, 0.4) is 0 Å². The van der Waals surface area contributed by atoms with Crippen LogP contribution in [-0.4, -0.2) is 15.0 Å². The highest BCUT2D eigenvalue weighted by Crippen LogP contribution is 2.39. The summed E-state index contributed by atoms with van der Waals surface area (Å²) in [6.07, 6.45) is 0. The van der Waals surface area contributed by atoms with Crippen LogP contribution in [0.2, 0.25) is 0 Å². The van der Waals surface area contributed by atoms with Crippen molar-refractivity contribution in [1.29, 1.82) is 0 Å². The van der Waals surface area contributed by atoms with Gasteiger partial charge in [0.2, 0.25) is 0 Å². The van der Waals surface area contributed by atoms with Crippen molar-refractivity contribution in [2.75, 3.05) is 0 Å². The summed E-state index contributed by atoms with van der Waals surface area (Å²) in [6.45, 7) is 0. The number of rotatable bonds is 5. The van der Waals surface area contributed by atoms with Crippen LogP contribution >= 0.6 is 0 Å². The molecule has 238 valence electrons. The second-order valence-corrected chi connectivity index (χ2v) is 12.8. The highest BCUT2D eigenvalue weighted by Gasteiger charge is 2.17. The first kappa shape index (κ1) is 29.0. The molecule has 10 aromatic rings. The number of fused-ring (bicyclic) bond motifs is 6. The maximum atomic E-state index is 6.21. The van der Waals surface area contributed by atoms with E-state index >= 15 is 0 Å². The molecule has 0 amide bonds. The third-order valence-electron chi connectivity index (χ3n) is 9.73. The first-order chi connectivity index (χ1) is 25.3. The molecule has 0 spiro atoms. The minimum atomic E-state index is 0.647.